The molecule has 0 spiro atoms. The van der Waals surface area contributed by atoms with Gasteiger partial charge in [0.05, 0.1) is 11.4 Å². The first-order valence-electron chi connectivity index (χ1n) is 8.29. The number of para-hydroxylation sites is 2. The van der Waals surface area contributed by atoms with Crippen molar-refractivity contribution in [1.82, 2.24) is 0 Å². The second kappa shape index (κ2) is 9.25. The topological polar surface area (TPSA) is 73.2 Å². The number of hydrogen-bond donors (Lipinski definition) is 3. The molecular formula is C18H22NO4P2S2+. The van der Waals surface area contributed by atoms with Crippen LogP contribution in [0.3, 0.4) is 0 Å². The summed E-state index contributed by atoms with van der Waals surface area (Å²) in [4.78, 5) is 26.7. The van der Waals surface area contributed by atoms with Gasteiger partial charge in [0.1, 0.15) is 6.61 Å². The highest BCUT2D eigenvalue weighted by Crippen LogP contribution is 2.51. The highest BCUT2D eigenvalue weighted by atomic mass is 32.2. The summed E-state index contributed by atoms with van der Waals surface area (Å²) >= 11 is 3.42. The maximum Gasteiger partial charge on any atom is 0.567 e. The summed E-state index contributed by atoms with van der Waals surface area (Å²) in [6.07, 6.45) is 2.67. The predicted octanol–water partition coefficient (Wildman–Crippen LogP) is 4.80. The molecule has 1 atom stereocenters. The van der Waals surface area contributed by atoms with Gasteiger partial charge in [-0.25, -0.2) is 0 Å². The Kier molecular flexibility index (Phi) is 7.23. The zero-order chi connectivity index (χ0) is 19.4. The lowest BCUT2D eigenvalue weighted by Crippen LogP contribution is -2.12. The second-order valence-electron chi connectivity index (χ2n) is 5.82. The van der Waals surface area contributed by atoms with E-state index in [4.69, 9.17) is 14.7 Å². The first-order chi connectivity index (χ1) is 12.9. The molecule has 3 rings (SSSR count). The van der Waals surface area contributed by atoms with Crippen molar-refractivity contribution in [1.29, 1.82) is 0 Å². The van der Waals surface area contributed by atoms with Gasteiger partial charge >= 0.3 is 8.17 Å². The Morgan fingerprint density at radius 3 is 2.11 bits per heavy atom. The van der Waals surface area contributed by atoms with E-state index in [1.165, 1.54) is 20.9 Å². The van der Waals surface area contributed by atoms with Crippen molar-refractivity contribution >= 4 is 58.0 Å². The number of benzene rings is 2. The van der Waals surface area contributed by atoms with Crippen LogP contribution in [0.1, 0.15) is 17.5 Å². The Morgan fingerprint density at radius 1 is 1.04 bits per heavy atom. The van der Waals surface area contributed by atoms with Crippen molar-refractivity contribution in [3.63, 3.8) is 0 Å². The van der Waals surface area contributed by atoms with E-state index in [-0.39, 0.29) is 6.61 Å². The second-order valence-corrected chi connectivity index (χ2v) is 9.80. The van der Waals surface area contributed by atoms with E-state index in [0.29, 0.717) is 6.42 Å². The molecule has 0 saturated carbocycles. The molecule has 3 N–H and O–H groups in total. The largest absolute Gasteiger partial charge is 0.567 e. The van der Waals surface area contributed by atoms with Gasteiger partial charge in [0.25, 0.3) is 0 Å². The maximum atomic E-state index is 8.89. The Bertz CT molecular complexity index is 793. The molecule has 2 aromatic carbocycles. The molecule has 9 heteroatoms. The fourth-order valence-electron chi connectivity index (χ4n) is 2.93. The smallest absolute Gasteiger partial charge is 0.325 e. The van der Waals surface area contributed by atoms with Crippen LogP contribution in [0.25, 0.3) is 5.57 Å². The third kappa shape index (κ3) is 5.06. The molecular weight excluding hydrogens is 420 g/mol. The number of nitrogens with zero attached hydrogens (tertiary/aromatic N) is 1. The Morgan fingerprint density at radius 2 is 1.59 bits per heavy atom. The summed E-state index contributed by atoms with van der Waals surface area (Å²) in [7, 11) is -1.34. The molecule has 1 aliphatic heterocycles. The molecule has 0 radical (unpaired) electrons. The Balaban J connectivity index is 1.89. The zero-order valence-corrected chi connectivity index (χ0v) is 18.5. The molecule has 2 aromatic rings. The molecule has 0 aliphatic carbocycles. The number of fused-ring (bicyclic) bond motifs is 2. The molecule has 1 heterocycles. The molecule has 0 bridgehead atoms. The van der Waals surface area contributed by atoms with Gasteiger partial charge in [0.15, 0.2) is 0 Å². The molecule has 0 amide bonds. The van der Waals surface area contributed by atoms with Crippen LogP contribution in [0.4, 0.5) is 11.4 Å². The molecule has 0 aromatic heterocycles. The summed E-state index contributed by atoms with van der Waals surface area (Å²) in [6.45, 7) is 0.105. The van der Waals surface area contributed by atoms with E-state index in [2.05, 4.69) is 61.2 Å². The zero-order valence-electron chi connectivity index (χ0n) is 14.8. The van der Waals surface area contributed by atoms with Crippen LogP contribution < -0.4 is 4.67 Å². The average molecular weight is 442 g/mol. The molecule has 0 saturated heterocycles. The van der Waals surface area contributed by atoms with Crippen LogP contribution in [-0.4, -0.2) is 33.3 Å². The van der Waals surface area contributed by atoms with Crippen molar-refractivity contribution in [2.75, 3.05) is 23.3 Å². The van der Waals surface area contributed by atoms with Crippen molar-refractivity contribution < 1.29 is 19.2 Å². The van der Waals surface area contributed by atoms with Gasteiger partial charge < -0.3 is 4.67 Å². The van der Waals surface area contributed by atoms with Gasteiger partial charge in [-0.15, -0.1) is 23.5 Å². The van der Waals surface area contributed by atoms with E-state index in [0.717, 1.165) is 17.1 Å². The lowest BCUT2D eigenvalue weighted by molar-refractivity contribution is 0.161. The maximum absolute atomic E-state index is 8.89. The number of anilines is 2. The molecule has 0 fully saturated rings. The van der Waals surface area contributed by atoms with Crippen LogP contribution in [0.2, 0.25) is 0 Å². The van der Waals surface area contributed by atoms with E-state index in [1.807, 2.05) is 12.1 Å². The van der Waals surface area contributed by atoms with Gasteiger partial charge in [-0.3, -0.25) is 0 Å². The number of hydrogen-bond acceptors (Lipinski definition) is 7. The first kappa shape index (κ1) is 21.1. The summed E-state index contributed by atoms with van der Waals surface area (Å²) in [5.41, 5.74) is 5.87. The molecule has 5 nitrogen and oxygen atoms in total. The minimum absolute atomic E-state index is 0.105. The van der Waals surface area contributed by atoms with Gasteiger partial charge in [-0.2, -0.15) is 19.2 Å². The fraction of sp³-hybridized carbons (Fsp3) is 0.222. The quantitative estimate of drug-likeness (QED) is 0.420. The van der Waals surface area contributed by atoms with Crippen LogP contribution in [0.5, 0.6) is 0 Å². The van der Waals surface area contributed by atoms with Gasteiger partial charge in [-0.1, -0.05) is 36.4 Å². The standard InChI is InChI=1S/C18H22NO4P2S2/c1-26-18(27-12-6-11-23-25(20,21)22)17-13-7-2-4-9-15(13)19(24)16-10-5-3-8-14(16)17/h2-5,7-10,20-22H,6,11-12,24H2,1H3/q+1. The Labute approximate surface area is 170 Å². The first-order valence-corrected chi connectivity index (χ1v) is 12.6. The monoisotopic (exact) mass is 442 g/mol. The van der Waals surface area contributed by atoms with Crippen LogP contribution >= 0.6 is 41.1 Å². The van der Waals surface area contributed by atoms with Crippen LogP contribution in [0.15, 0.2) is 52.8 Å². The highest BCUT2D eigenvalue weighted by Gasteiger charge is 2.32. The van der Waals surface area contributed by atoms with Crippen LogP contribution in [0, 0.1) is 0 Å². The third-order valence-corrected chi connectivity index (χ3v) is 7.51. The van der Waals surface area contributed by atoms with Crippen molar-refractivity contribution in [2.45, 2.75) is 6.42 Å². The van der Waals surface area contributed by atoms with E-state index in [9.17, 15) is 0 Å². The SMILES string of the molecule is CSC(SCCCO[P+](O)(O)O)=C1c2ccccc2N(P)c2ccccc21. The summed E-state index contributed by atoms with van der Waals surface area (Å²) in [6, 6.07) is 16.7. The van der Waals surface area contributed by atoms with Gasteiger partial charge in [0, 0.05) is 26.7 Å². The van der Waals surface area contributed by atoms with Crippen molar-refractivity contribution in [3.05, 3.63) is 63.9 Å². The van der Waals surface area contributed by atoms with Crippen molar-refractivity contribution in [2.24, 2.45) is 0 Å². The molecule has 27 heavy (non-hydrogen) atoms. The molecule has 144 valence electrons. The highest BCUT2D eigenvalue weighted by molar-refractivity contribution is 8.22. The summed E-state index contributed by atoms with van der Waals surface area (Å²) in [5.74, 6) is 0.745. The van der Waals surface area contributed by atoms with E-state index in [1.54, 1.807) is 23.5 Å². The molecule has 1 aliphatic rings. The Hall–Kier alpha value is -0.620. The van der Waals surface area contributed by atoms with Crippen molar-refractivity contribution in [3.8, 4) is 0 Å². The van der Waals surface area contributed by atoms with Gasteiger partial charge in [-0.05, 0) is 34.2 Å². The summed E-state index contributed by atoms with van der Waals surface area (Å²) in [5, 5.41) is 0. The minimum atomic E-state index is -4.14. The summed E-state index contributed by atoms with van der Waals surface area (Å²) < 4.78 is 7.99. The number of rotatable bonds is 7. The van der Waals surface area contributed by atoms with E-state index < -0.39 is 8.17 Å². The molecule has 1 unspecified atom stereocenters. The third-order valence-electron chi connectivity index (χ3n) is 4.04. The predicted molar refractivity (Wildman–Crippen MR) is 121 cm³/mol. The lowest BCUT2D eigenvalue weighted by Gasteiger charge is -2.32. The number of thioether (sulfide) groups is 2. The lowest BCUT2D eigenvalue weighted by atomic mass is 9.93. The average Bonchev–Trinajstić information content (AvgIpc) is 2.65. The van der Waals surface area contributed by atoms with E-state index >= 15 is 0 Å². The van der Waals surface area contributed by atoms with Gasteiger partial charge in [0.2, 0.25) is 0 Å². The fourth-order valence-corrected chi connectivity index (χ4v) is 5.71. The minimum Gasteiger partial charge on any atom is -0.325 e. The normalized spacial score (nSPS) is 13.4. The van der Waals surface area contributed by atoms with Crippen LogP contribution in [-0.2, 0) is 4.52 Å².